The number of nitrogens with one attached hydrogen (secondary N) is 1. The predicted octanol–water partition coefficient (Wildman–Crippen LogP) is 6.75. The maximum atomic E-state index is 14.0. The van der Waals surface area contributed by atoms with Crippen LogP contribution < -0.4 is 9.62 Å². The average molecular weight is 653 g/mol. The monoisotopic (exact) mass is 651 g/mol. The number of sulfonamides is 1. The van der Waals surface area contributed by atoms with Crippen molar-refractivity contribution in [1.82, 2.24) is 10.2 Å². The fourth-order valence-corrected chi connectivity index (χ4v) is 6.08. The van der Waals surface area contributed by atoms with Gasteiger partial charge in [0.1, 0.15) is 6.04 Å². The molecule has 0 saturated heterocycles. The molecular formula is C31H36Cl3N3O4S. The van der Waals surface area contributed by atoms with Gasteiger partial charge in [0.2, 0.25) is 21.8 Å². The van der Waals surface area contributed by atoms with Crippen LogP contribution in [0.3, 0.4) is 0 Å². The van der Waals surface area contributed by atoms with E-state index in [1.165, 1.54) is 9.21 Å². The first-order chi connectivity index (χ1) is 19.7. The van der Waals surface area contributed by atoms with Gasteiger partial charge < -0.3 is 10.2 Å². The quantitative estimate of drug-likeness (QED) is 0.235. The topological polar surface area (TPSA) is 86.8 Å². The number of anilines is 1. The zero-order valence-corrected chi connectivity index (χ0v) is 27.2. The standard InChI is InChI=1S/C31H36Cl3N3O4S/c1-31(2,3)35-30(39)28(20-22-10-6-5-7-11-22)36(21-25-26(33)12-8-13-27(25)34)29(38)14-9-19-37(42(4,40)41)24-17-15-23(32)16-18-24/h5-8,10-13,15-18,28H,9,14,19-21H2,1-4H3,(H,35,39). The Morgan fingerprint density at radius 3 is 2.02 bits per heavy atom. The molecule has 11 heteroatoms. The van der Waals surface area contributed by atoms with Crippen molar-refractivity contribution < 1.29 is 18.0 Å². The first-order valence-corrected chi connectivity index (χ1v) is 16.5. The molecule has 42 heavy (non-hydrogen) atoms. The van der Waals surface area contributed by atoms with Crippen molar-refractivity contribution in [3.05, 3.63) is 99.0 Å². The number of halogens is 3. The lowest BCUT2D eigenvalue weighted by Gasteiger charge is -2.34. The predicted molar refractivity (Wildman–Crippen MR) is 172 cm³/mol. The maximum Gasteiger partial charge on any atom is 0.243 e. The average Bonchev–Trinajstić information content (AvgIpc) is 2.89. The van der Waals surface area contributed by atoms with Gasteiger partial charge in [-0.1, -0.05) is 71.2 Å². The van der Waals surface area contributed by atoms with Gasteiger partial charge in [-0.05, 0) is 69.2 Å². The van der Waals surface area contributed by atoms with Gasteiger partial charge >= 0.3 is 0 Å². The van der Waals surface area contributed by atoms with Gasteiger partial charge in [0.25, 0.3) is 0 Å². The summed E-state index contributed by atoms with van der Waals surface area (Å²) in [6.07, 6.45) is 1.56. The van der Waals surface area contributed by atoms with Crippen LogP contribution in [0.4, 0.5) is 5.69 Å². The third kappa shape index (κ3) is 9.90. The van der Waals surface area contributed by atoms with E-state index in [1.54, 1.807) is 42.5 Å². The highest BCUT2D eigenvalue weighted by Gasteiger charge is 2.33. The van der Waals surface area contributed by atoms with Crippen molar-refractivity contribution in [2.75, 3.05) is 17.1 Å². The molecule has 226 valence electrons. The summed E-state index contributed by atoms with van der Waals surface area (Å²) in [6, 6.07) is 20.1. The minimum atomic E-state index is -3.63. The highest BCUT2D eigenvalue weighted by atomic mass is 35.5. The highest BCUT2D eigenvalue weighted by molar-refractivity contribution is 7.92. The lowest BCUT2D eigenvalue weighted by molar-refractivity contribution is -0.142. The molecule has 0 aliphatic heterocycles. The van der Waals surface area contributed by atoms with Gasteiger partial charge in [-0.3, -0.25) is 13.9 Å². The second-order valence-corrected chi connectivity index (χ2v) is 14.2. The summed E-state index contributed by atoms with van der Waals surface area (Å²) in [4.78, 5) is 29.2. The molecule has 0 heterocycles. The van der Waals surface area contributed by atoms with Gasteiger partial charge in [0.05, 0.1) is 11.9 Å². The molecule has 0 spiro atoms. The third-order valence-electron chi connectivity index (χ3n) is 6.43. The zero-order chi connectivity index (χ0) is 31.1. The molecule has 3 aromatic carbocycles. The Bertz CT molecular complexity index is 1460. The number of rotatable bonds is 12. The van der Waals surface area contributed by atoms with Crippen molar-refractivity contribution in [2.24, 2.45) is 0 Å². The van der Waals surface area contributed by atoms with Gasteiger partial charge in [0, 0.05) is 52.1 Å². The van der Waals surface area contributed by atoms with Gasteiger partial charge in [-0.25, -0.2) is 8.42 Å². The van der Waals surface area contributed by atoms with E-state index in [9.17, 15) is 18.0 Å². The number of hydrogen-bond acceptors (Lipinski definition) is 4. The van der Waals surface area contributed by atoms with E-state index in [1.807, 2.05) is 51.1 Å². The summed E-state index contributed by atoms with van der Waals surface area (Å²) in [5.74, 6) is -0.651. The van der Waals surface area contributed by atoms with Gasteiger partial charge in [0.15, 0.2) is 0 Å². The maximum absolute atomic E-state index is 14.0. The molecule has 7 nitrogen and oxygen atoms in total. The van der Waals surface area contributed by atoms with Crippen LogP contribution in [-0.4, -0.2) is 49.5 Å². The molecule has 0 aliphatic carbocycles. The van der Waals surface area contributed by atoms with E-state index in [2.05, 4.69) is 5.32 Å². The zero-order valence-electron chi connectivity index (χ0n) is 24.1. The van der Waals surface area contributed by atoms with Crippen molar-refractivity contribution >= 4 is 62.3 Å². The van der Waals surface area contributed by atoms with Crippen LogP contribution in [0.1, 0.15) is 44.7 Å². The largest absolute Gasteiger partial charge is 0.350 e. The Labute approximate surface area is 263 Å². The van der Waals surface area contributed by atoms with Crippen LogP contribution in [0, 0.1) is 0 Å². The number of hydrogen-bond donors (Lipinski definition) is 1. The molecular weight excluding hydrogens is 617 g/mol. The Morgan fingerprint density at radius 2 is 1.48 bits per heavy atom. The van der Waals surface area contributed by atoms with E-state index in [0.717, 1.165) is 11.8 Å². The molecule has 1 N–H and O–H groups in total. The van der Waals surface area contributed by atoms with E-state index in [4.69, 9.17) is 34.8 Å². The van der Waals surface area contributed by atoms with Crippen LogP contribution in [0.2, 0.25) is 15.1 Å². The van der Waals surface area contributed by atoms with Crippen LogP contribution >= 0.6 is 34.8 Å². The van der Waals surface area contributed by atoms with Gasteiger partial charge in [-0.2, -0.15) is 0 Å². The summed E-state index contributed by atoms with van der Waals surface area (Å²) in [6.45, 7) is 5.68. The van der Waals surface area contributed by atoms with Crippen molar-refractivity contribution in [3.63, 3.8) is 0 Å². The first-order valence-electron chi connectivity index (χ1n) is 13.5. The van der Waals surface area contributed by atoms with Crippen LogP contribution in [0.5, 0.6) is 0 Å². The van der Waals surface area contributed by atoms with E-state index >= 15 is 0 Å². The summed E-state index contributed by atoms with van der Waals surface area (Å²) in [5.41, 5.74) is 1.30. The summed E-state index contributed by atoms with van der Waals surface area (Å²) < 4.78 is 26.4. The first kappa shape index (κ1) is 33.7. The second kappa shape index (κ2) is 14.6. The number of benzene rings is 3. The number of amides is 2. The van der Waals surface area contributed by atoms with Crippen LogP contribution in [0.25, 0.3) is 0 Å². The Balaban J connectivity index is 1.94. The normalized spacial score (nSPS) is 12.5. The second-order valence-electron chi connectivity index (χ2n) is 11.1. The van der Waals surface area contributed by atoms with E-state index in [0.29, 0.717) is 26.3 Å². The summed E-state index contributed by atoms with van der Waals surface area (Å²) in [7, 11) is -3.63. The number of nitrogens with zero attached hydrogens (tertiary/aromatic N) is 2. The lowest BCUT2D eigenvalue weighted by atomic mass is 10.00. The van der Waals surface area contributed by atoms with Crippen molar-refractivity contribution in [2.45, 2.75) is 58.2 Å². The molecule has 0 radical (unpaired) electrons. The molecule has 3 rings (SSSR count). The summed E-state index contributed by atoms with van der Waals surface area (Å²) in [5, 5.41) is 4.25. The Hall–Kier alpha value is -2.78. The van der Waals surface area contributed by atoms with Crippen LogP contribution in [-0.2, 0) is 32.6 Å². The molecule has 2 amide bonds. The molecule has 0 bridgehead atoms. The fraction of sp³-hybridized carbons (Fsp3) is 0.355. The molecule has 0 aromatic heterocycles. The van der Waals surface area contributed by atoms with Crippen molar-refractivity contribution in [3.8, 4) is 0 Å². The molecule has 0 aliphatic rings. The number of carbonyl (C=O) groups excluding carboxylic acids is 2. The van der Waals surface area contributed by atoms with E-state index < -0.39 is 21.6 Å². The molecule has 0 saturated carbocycles. The van der Waals surface area contributed by atoms with Gasteiger partial charge in [-0.15, -0.1) is 0 Å². The molecule has 3 aromatic rings. The minimum absolute atomic E-state index is 0.000617. The SMILES string of the molecule is CC(C)(C)NC(=O)C(Cc1ccccc1)N(Cc1c(Cl)cccc1Cl)C(=O)CCCN(c1ccc(Cl)cc1)S(C)(=O)=O. The fourth-order valence-electron chi connectivity index (χ4n) is 4.47. The molecule has 1 atom stereocenters. The minimum Gasteiger partial charge on any atom is -0.350 e. The van der Waals surface area contributed by atoms with Crippen LogP contribution in [0.15, 0.2) is 72.8 Å². The number of carbonyl (C=O) groups is 2. The Morgan fingerprint density at radius 1 is 0.881 bits per heavy atom. The summed E-state index contributed by atoms with van der Waals surface area (Å²) >= 11 is 19.0. The smallest absolute Gasteiger partial charge is 0.243 e. The molecule has 0 fully saturated rings. The third-order valence-corrected chi connectivity index (χ3v) is 8.58. The Kier molecular flexibility index (Phi) is 11.7. The van der Waals surface area contributed by atoms with Crippen molar-refractivity contribution in [1.29, 1.82) is 0 Å². The highest BCUT2D eigenvalue weighted by Crippen LogP contribution is 2.28. The van der Waals surface area contributed by atoms with E-state index in [-0.39, 0.29) is 44.2 Å². The lowest BCUT2D eigenvalue weighted by Crippen LogP contribution is -2.54. The molecule has 1 unspecified atom stereocenters.